The minimum absolute atomic E-state index is 0.433. The number of phenolic OH excluding ortho intramolecular Hbond substituents is 1. The van der Waals surface area contributed by atoms with Crippen LogP contribution < -0.4 is 10.6 Å². The molecule has 1 N–H and O–H groups in total. The van der Waals surface area contributed by atoms with Crippen LogP contribution in [0.2, 0.25) is 0 Å². The SMILES string of the molecule is Cc1ccc(Pc2cccc(C)c2O)c(CN(C)C)c1. The molecule has 2 aromatic carbocycles. The van der Waals surface area contributed by atoms with Crippen LogP contribution >= 0.6 is 8.58 Å². The molecule has 0 fully saturated rings. The number of nitrogens with zero attached hydrogens (tertiary/aromatic N) is 1. The molecule has 0 spiro atoms. The number of benzene rings is 2. The van der Waals surface area contributed by atoms with Crippen LogP contribution in [0, 0.1) is 13.8 Å². The maximum atomic E-state index is 10.2. The number of aryl methyl sites for hydroxylation is 2. The van der Waals surface area contributed by atoms with Crippen LogP contribution in [0.25, 0.3) is 0 Å². The minimum Gasteiger partial charge on any atom is -0.507 e. The van der Waals surface area contributed by atoms with E-state index in [0.29, 0.717) is 14.3 Å². The molecular formula is C17H22NOP. The second kappa shape index (κ2) is 6.39. The Kier molecular flexibility index (Phi) is 4.80. The van der Waals surface area contributed by atoms with Crippen molar-refractivity contribution in [1.29, 1.82) is 0 Å². The fourth-order valence-electron chi connectivity index (χ4n) is 2.22. The summed E-state index contributed by atoms with van der Waals surface area (Å²) < 4.78 is 0. The fourth-order valence-corrected chi connectivity index (χ4v) is 3.48. The average Bonchev–Trinajstić information content (AvgIpc) is 2.37. The summed E-state index contributed by atoms with van der Waals surface area (Å²) in [6.07, 6.45) is 0. The number of phenols is 1. The lowest BCUT2D eigenvalue weighted by Gasteiger charge is -2.16. The van der Waals surface area contributed by atoms with Gasteiger partial charge in [0.1, 0.15) is 5.75 Å². The molecule has 0 saturated carbocycles. The summed E-state index contributed by atoms with van der Waals surface area (Å²) in [5.74, 6) is 0.433. The summed E-state index contributed by atoms with van der Waals surface area (Å²) in [6, 6.07) is 12.5. The summed E-state index contributed by atoms with van der Waals surface area (Å²) in [5.41, 5.74) is 3.56. The average molecular weight is 287 g/mol. The van der Waals surface area contributed by atoms with E-state index in [0.717, 1.165) is 17.4 Å². The molecule has 20 heavy (non-hydrogen) atoms. The van der Waals surface area contributed by atoms with Gasteiger partial charge in [-0.25, -0.2) is 0 Å². The van der Waals surface area contributed by atoms with Gasteiger partial charge in [-0.3, -0.25) is 0 Å². The van der Waals surface area contributed by atoms with E-state index in [4.69, 9.17) is 0 Å². The zero-order chi connectivity index (χ0) is 14.7. The van der Waals surface area contributed by atoms with Crippen LogP contribution in [0.4, 0.5) is 0 Å². The highest BCUT2D eigenvalue weighted by Crippen LogP contribution is 2.23. The highest BCUT2D eigenvalue weighted by molar-refractivity contribution is 7.55. The van der Waals surface area contributed by atoms with Crippen molar-refractivity contribution in [2.75, 3.05) is 14.1 Å². The lowest BCUT2D eigenvalue weighted by Crippen LogP contribution is -2.18. The van der Waals surface area contributed by atoms with E-state index in [9.17, 15) is 5.11 Å². The van der Waals surface area contributed by atoms with E-state index < -0.39 is 0 Å². The molecule has 0 aromatic heterocycles. The molecule has 0 aliphatic heterocycles. The van der Waals surface area contributed by atoms with Gasteiger partial charge in [-0.2, -0.15) is 0 Å². The molecular weight excluding hydrogens is 265 g/mol. The van der Waals surface area contributed by atoms with Crippen molar-refractivity contribution < 1.29 is 5.11 Å². The summed E-state index contributed by atoms with van der Waals surface area (Å²) in [7, 11) is 4.66. The molecule has 0 bridgehead atoms. The molecule has 0 amide bonds. The largest absolute Gasteiger partial charge is 0.507 e. The van der Waals surface area contributed by atoms with Crippen LogP contribution in [-0.2, 0) is 6.54 Å². The van der Waals surface area contributed by atoms with E-state index in [2.05, 4.69) is 44.1 Å². The molecule has 2 rings (SSSR count). The van der Waals surface area contributed by atoms with Crippen LogP contribution in [0.3, 0.4) is 0 Å². The van der Waals surface area contributed by atoms with Gasteiger partial charge in [0, 0.05) is 11.8 Å². The quantitative estimate of drug-likeness (QED) is 0.874. The summed E-state index contributed by atoms with van der Waals surface area (Å²) in [6.45, 7) is 4.99. The Hall–Kier alpha value is -1.37. The molecule has 3 heteroatoms. The first-order valence-electron chi connectivity index (χ1n) is 6.77. The lowest BCUT2D eigenvalue weighted by molar-refractivity contribution is 0.403. The summed E-state index contributed by atoms with van der Waals surface area (Å²) in [4.78, 5) is 2.18. The predicted molar refractivity (Wildman–Crippen MR) is 89.0 cm³/mol. The molecule has 1 atom stereocenters. The third-order valence-corrected chi connectivity index (χ3v) is 4.68. The molecule has 106 valence electrons. The Morgan fingerprint density at radius 2 is 1.80 bits per heavy atom. The zero-order valence-electron chi connectivity index (χ0n) is 12.6. The maximum absolute atomic E-state index is 10.2. The molecule has 0 heterocycles. The molecule has 0 aliphatic carbocycles. The molecule has 2 aromatic rings. The van der Waals surface area contributed by atoms with Gasteiger partial charge in [0.2, 0.25) is 0 Å². The number of hydrogen-bond donors (Lipinski definition) is 1. The Balaban J connectivity index is 2.35. The van der Waals surface area contributed by atoms with Crippen molar-refractivity contribution in [2.45, 2.75) is 20.4 Å². The van der Waals surface area contributed by atoms with Crippen molar-refractivity contribution in [3.63, 3.8) is 0 Å². The third kappa shape index (κ3) is 3.59. The van der Waals surface area contributed by atoms with Crippen LogP contribution in [0.1, 0.15) is 16.7 Å². The zero-order valence-corrected chi connectivity index (χ0v) is 13.6. The smallest absolute Gasteiger partial charge is 0.126 e. The van der Waals surface area contributed by atoms with Crippen LogP contribution in [-0.4, -0.2) is 24.1 Å². The highest BCUT2D eigenvalue weighted by atomic mass is 31.1. The van der Waals surface area contributed by atoms with Crippen molar-refractivity contribution >= 4 is 19.2 Å². The summed E-state index contributed by atoms with van der Waals surface area (Å²) in [5, 5.41) is 12.5. The van der Waals surface area contributed by atoms with Gasteiger partial charge in [0.25, 0.3) is 0 Å². The monoisotopic (exact) mass is 287 g/mol. The summed E-state index contributed by atoms with van der Waals surface area (Å²) >= 11 is 0. The fraction of sp³-hybridized carbons (Fsp3) is 0.294. The molecule has 0 radical (unpaired) electrons. The predicted octanol–water partition coefficient (Wildman–Crippen LogP) is 2.70. The Labute approximate surface area is 123 Å². The first-order chi connectivity index (χ1) is 9.47. The van der Waals surface area contributed by atoms with E-state index in [1.807, 2.05) is 25.1 Å². The Morgan fingerprint density at radius 3 is 2.50 bits per heavy atom. The Bertz CT molecular complexity index is 608. The van der Waals surface area contributed by atoms with Crippen molar-refractivity contribution in [2.24, 2.45) is 0 Å². The number of hydrogen-bond acceptors (Lipinski definition) is 2. The van der Waals surface area contributed by atoms with Gasteiger partial charge < -0.3 is 10.0 Å². The topological polar surface area (TPSA) is 23.5 Å². The van der Waals surface area contributed by atoms with E-state index in [1.165, 1.54) is 16.4 Å². The van der Waals surface area contributed by atoms with Crippen LogP contribution in [0.5, 0.6) is 5.75 Å². The van der Waals surface area contributed by atoms with Crippen molar-refractivity contribution in [1.82, 2.24) is 4.90 Å². The third-order valence-electron chi connectivity index (χ3n) is 3.25. The van der Waals surface area contributed by atoms with Crippen molar-refractivity contribution in [3.8, 4) is 5.75 Å². The van der Waals surface area contributed by atoms with Gasteiger partial charge >= 0.3 is 0 Å². The van der Waals surface area contributed by atoms with E-state index in [-0.39, 0.29) is 0 Å². The van der Waals surface area contributed by atoms with E-state index in [1.54, 1.807) is 0 Å². The normalized spacial score (nSPS) is 11.7. The molecule has 0 aliphatic rings. The minimum atomic E-state index is 0.433. The number of rotatable bonds is 4. The lowest BCUT2D eigenvalue weighted by atomic mass is 10.1. The van der Waals surface area contributed by atoms with Crippen LogP contribution in [0.15, 0.2) is 36.4 Å². The maximum Gasteiger partial charge on any atom is 0.126 e. The number of para-hydroxylation sites is 1. The van der Waals surface area contributed by atoms with Gasteiger partial charge in [0.05, 0.1) is 0 Å². The van der Waals surface area contributed by atoms with Gasteiger partial charge in [-0.05, 0) is 44.4 Å². The Morgan fingerprint density at radius 1 is 1.05 bits per heavy atom. The molecule has 2 nitrogen and oxygen atoms in total. The first-order valence-corrected chi connectivity index (χ1v) is 7.77. The second-order valence-electron chi connectivity index (χ2n) is 5.49. The highest BCUT2D eigenvalue weighted by Gasteiger charge is 2.09. The van der Waals surface area contributed by atoms with E-state index >= 15 is 0 Å². The number of aromatic hydroxyl groups is 1. The molecule has 1 unspecified atom stereocenters. The standard InChI is InChI=1S/C17H22NOP/c1-12-8-9-15(14(10-12)11-18(3)4)20-16-7-5-6-13(2)17(16)19/h5-10,19-20H,11H2,1-4H3. The van der Waals surface area contributed by atoms with Crippen molar-refractivity contribution in [3.05, 3.63) is 53.1 Å². The van der Waals surface area contributed by atoms with Gasteiger partial charge in [-0.15, -0.1) is 0 Å². The second-order valence-corrected chi connectivity index (χ2v) is 6.82. The van der Waals surface area contributed by atoms with Gasteiger partial charge in [0.15, 0.2) is 0 Å². The first kappa shape index (κ1) is 15.0. The molecule has 0 saturated heterocycles. The van der Waals surface area contributed by atoms with Gasteiger partial charge in [-0.1, -0.05) is 50.5 Å².